The summed E-state index contributed by atoms with van der Waals surface area (Å²) in [6.07, 6.45) is 3.37. The molecule has 1 aliphatic rings. The minimum atomic E-state index is -3.86. The zero-order chi connectivity index (χ0) is 18.2. The van der Waals surface area contributed by atoms with Gasteiger partial charge in [-0.25, -0.2) is 17.2 Å². The number of halogens is 2. The molecule has 3 rings (SSSR count). The topological polar surface area (TPSA) is 46.6 Å². The molecule has 1 heterocycles. The van der Waals surface area contributed by atoms with E-state index >= 15 is 0 Å². The molecule has 0 radical (unpaired) electrons. The lowest BCUT2D eigenvalue weighted by Crippen LogP contribution is -2.28. The van der Waals surface area contributed by atoms with Gasteiger partial charge in [-0.05, 0) is 31.5 Å². The van der Waals surface area contributed by atoms with Crippen LogP contribution in [0.25, 0.3) is 0 Å². The number of rotatable bonds is 4. The first-order valence-electron chi connectivity index (χ1n) is 7.64. The van der Waals surface area contributed by atoms with E-state index in [1.807, 2.05) is 6.92 Å². The van der Waals surface area contributed by atoms with Crippen LogP contribution >= 0.6 is 0 Å². The summed E-state index contributed by atoms with van der Waals surface area (Å²) in [4.78, 5) is 0.116. The highest BCUT2D eigenvalue weighted by Gasteiger charge is 2.34. The Balaban J connectivity index is 2.07. The van der Waals surface area contributed by atoms with Gasteiger partial charge in [0.05, 0.1) is 18.0 Å². The number of benzene rings is 2. The van der Waals surface area contributed by atoms with E-state index in [4.69, 9.17) is 4.74 Å². The van der Waals surface area contributed by atoms with E-state index < -0.39 is 27.7 Å². The largest absolute Gasteiger partial charge is 0.493 e. The van der Waals surface area contributed by atoms with Crippen molar-refractivity contribution in [2.24, 2.45) is 0 Å². The van der Waals surface area contributed by atoms with E-state index in [-0.39, 0.29) is 16.2 Å². The van der Waals surface area contributed by atoms with Crippen LogP contribution in [0.5, 0.6) is 5.75 Å². The zero-order valence-electron chi connectivity index (χ0n) is 13.7. The predicted octanol–water partition coefficient (Wildman–Crippen LogP) is 3.93. The van der Waals surface area contributed by atoms with Gasteiger partial charge in [-0.15, -0.1) is 0 Å². The van der Waals surface area contributed by atoms with Crippen LogP contribution in [0.2, 0.25) is 0 Å². The fourth-order valence-electron chi connectivity index (χ4n) is 2.89. The molecule has 2 aromatic carbocycles. The Kier molecular flexibility index (Phi) is 4.51. The first-order chi connectivity index (χ1) is 11.8. The van der Waals surface area contributed by atoms with E-state index in [9.17, 15) is 17.2 Å². The smallest absolute Gasteiger partial charge is 0.264 e. The molecule has 0 bridgehead atoms. The molecule has 4 nitrogen and oxygen atoms in total. The number of nitrogens with zero attached hydrogens (tertiary/aromatic N) is 1. The molecule has 0 saturated heterocycles. The van der Waals surface area contributed by atoms with Gasteiger partial charge in [-0.3, -0.25) is 4.31 Å². The molecule has 0 N–H and O–H groups in total. The van der Waals surface area contributed by atoms with Crippen LogP contribution in [-0.2, 0) is 10.0 Å². The Hall–Kier alpha value is -2.41. The normalized spacial score (nSPS) is 17.1. The van der Waals surface area contributed by atoms with Crippen LogP contribution in [0.15, 0.2) is 53.6 Å². The van der Waals surface area contributed by atoms with E-state index in [0.29, 0.717) is 12.5 Å². The molecular formula is C18H17F2NO3S. The molecule has 0 aliphatic carbocycles. The lowest BCUT2D eigenvalue weighted by molar-refractivity contribution is 0.358. The number of aryl methyl sites for hydroxylation is 1. The Bertz CT molecular complexity index is 924. The minimum Gasteiger partial charge on any atom is -0.493 e. The zero-order valence-corrected chi connectivity index (χ0v) is 14.6. The maximum Gasteiger partial charge on any atom is 0.264 e. The molecule has 1 unspecified atom stereocenters. The van der Waals surface area contributed by atoms with Gasteiger partial charge in [0.15, 0.2) is 11.6 Å². The van der Waals surface area contributed by atoms with E-state index in [0.717, 1.165) is 15.9 Å². The molecule has 0 aromatic heterocycles. The van der Waals surface area contributed by atoms with Gasteiger partial charge in [0.2, 0.25) is 0 Å². The monoisotopic (exact) mass is 365 g/mol. The third-order valence-corrected chi connectivity index (χ3v) is 5.91. The summed E-state index contributed by atoms with van der Waals surface area (Å²) in [5.74, 6) is -1.80. The molecule has 2 aromatic rings. The van der Waals surface area contributed by atoms with Crippen molar-refractivity contribution in [1.82, 2.24) is 4.31 Å². The second kappa shape index (κ2) is 6.48. The molecule has 25 heavy (non-hydrogen) atoms. The molecule has 1 atom stereocenters. The molecule has 7 heteroatoms. The lowest BCUT2D eigenvalue weighted by Gasteiger charge is -2.27. The van der Waals surface area contributed by atoms with Crippen LogP contribution in [0.1, 0.15) is 23.6 Å². The molecule has 0 spiro atoms. The van der Waals surface area contributed by atoms with E-state index in [1.54, 1.807) is 18.2 Å². The quantitative estimate of drug-likeness (QED) is 0.825. The second-order valence-electron chi connectivity index (χ2n) is 5.79. The SMILES string of the molecule is COc1c(F)cc(F)cc1C1CC=CN1S(=O)(=O)c1ccc(C)cc1. The predicted molar refractivity (Wildman–Crippen MR) is 89.6 cm³/mol. The van der Waals surface area contributed by atoms with Gasteiger partial charge in [0.25, 0.3) is 10.0 Å². The number of hydrogen-bond donors (Lipinski definition) is 0. The molecular weight excluding hydrogens is 348 g/mol. The fraction of sp³-hybridized carbons (Fsp3) is 0.222. The molecule has 0 amide bonds. The van der Waals surface area contributed by atoms with Crippen molar-refractivity contribution in [3.63, 3.8) is 0 Å². The maximum absolute atomic E-state index is 14.0. The first kappa shape index (κ1) is 17.4. The summed E-state index contributed by atoms with van der Waals surface area (Å²) < 4.78 is 59.8. The second-order valence-corrected chi connectivity index (χ2v) is 7.64. The van der Waals surface area contributed by atoms with Gasteiger partial charge < -0.3 is 4.74 Å². The standard InChI is InChI=1S/C18H17F2NO3S/c1-12-5-7-14(8-6-12)25(22,23)21-9-3-4-17(21)15-10-13(19)11-16(20)18(15)24-2/h3,5-11,17H,4H2,1-2H3. The molecule has 1 aliphatic heterocycles. The van der Waals surface area contributed by atoms with Crippen molar-refractivity contribution in [2.45, 2.75) is 24.3 Å². The van der Waals surface area contributed by atoms with Gasteiger partial charge >= 0.3 is 0 Å². The lowest BCUT2D eigenvalue weighted by atomic mass is 10.0. The summed E-state index contributed by atoms with van der Waals surface area (Å²) in [6, 6.07) is 7.47. The van der Waals surface area contributed by atoms with Gasteiger partial charge in [-0.2, -0.15) is 0 Å². The Morgan fingerprint density at radius 3 is 2.48 bits per heavy atom. The highest BCUT2D eigenvalue weighted by atomic mass is 32.2. The summed E-state index contributed by atoms with van der Waals surface area (Å²) >= 11 is 0. The number of hydrogen-bond acceptors (Lipinski definition) is 3. The van der Waals surface area contributed by atoms with Crippen molar-refractivity contribution in [3.05, 3.63) is 71.4 Å². The summed E-state index contributed by atoms with van der Waals surface area (Å²) in [7, 11) is -2.59. The summed E-state index contributed by atoms with van der Waals surface area (Å²) in [5.41, 5.74) is 1.09. The average Bonchev–Trinajstić information content (AvgIpc) is 3.05. The Labute approximate surface area is 145 Å². The van der Waals surface area contributed by atoms with Gasteiger partial charge in [0, 0.05) is 17.8 Å². The van der Waals surface area contributed by atoms with Crippen molar-refractivity contribution in [3.8, 4) is 5.75 Å². The molecule has 0 fully saturated rings. The van der Waals surface area contributed by atoms with Crippen LogP contribution in [0, 0.1) is 18.6 Å². The molecule has 0 saturated carbocycles. The van der Waals surface area contributed by atoms with Crippen LogP contribution < -0.4 is 4.74 Å². The number of methoxy groups -OCH3 is 1. The van der Waals surface area contributed by atoms with Crippen molar-refractivity contribution in [2.75, 3.05) is 7.11 Å². The van der Waals surface area contributed by atoms with Gasteiger partial charge in [-0.1, -0.05) is 23.8 Å². The highest BCUT2D eigenvalue weighted by Crippen LogP contribution is 2.40. The van der Waals surface area contributed by atoms with E-state index in [2.05, 4.69) is 0 Å². The maximum atomic E-state index is 14.0. The number of ether oxygens (including phenoxy) is 1. The van der Waals surface area contributed by atoms with Crippen molar-refractivity contribution < 1.29 is 21.9 Å². The van der Waals surface area contributed by atoms with Crippen LogP contribution in [0.3, 0.4) is 0 Å². The van der Waals surface area contributed by atoms with Crippen molar-refractivity contribution in [1.29, 1.82) is 0 Å². The first-order valence-corrected chi connectivity index (χ1v) is 9.08. The van der Waals surface area contributed by atoms with E-state index in [1.165, 1.54) is 25.4 Å². The van der Waals surface area contributed by atoms with Crippen LogP contribution in [-0.4, -0.2) is 19.8 Å². The summed E-state index contributed by atoms with van der Waals surface area (Å²) in [5, 5.41) is 0. The third kappa shape index (κ3) is 3.11. The minimum absolute atomic E-state index is 0.116. The fourth-order valence-corrected chi connectivity index (χ4v) is 4.39. The van der Waals surface area contributed by atoms with Crippen molar-refractivity contribution >= 4 is 10.0 Å². The molecule has 132 valence electrons. The number of sulfonamides is 1. The third-order valence-electron chi connectivity index (χ3n) is 4.12. The van der Waals surface area contributed by atoms with Crippen LogP contribution in [0.4, 0.5) is 8.78 Å². The van der Waals surface area contributed by atoms with Gasteiger partial charge in [0.1, 0.15) is 5.82 Å². The average molecular weight is 365 g/mol. The highest BCUT2D eigenvalue weighted by molar-refractivity contribution is 7.89. The summed E-state index contributed by atoms with van der Waals surface area (Å²) in [6.45, 7) is 1.86. The Morgan fingerprint density at radius 2 is 1.84 bits per heavy atom. The Morgan fingerprint density at radius 1 is 1.16 bits per heavy atom.